The molecule has 1 aromatic carbocycles. The summed E-state index contributed by atoms with van der Waals surface area (Å²) in [7, 11) is 0. The maximum absolute atomic E-state index is 13.0. The molecule has 0 heterocycles. The van der Waals surface area contributed by atoms with Crippen LogP contribution in [0.1, 0.15) is 43.0 Å². The average Bonchev–Trinajstić information content (AvgIpc) is 2.71. The Morgan fingerprint density at radius 2 is 1.67 bits per heavy atom. The highest BCUT2D eigenvalue weighted by molar-refractivity contribution is 5.94. The van der Waals surface area contributed by atoms with E-state index in [1.165, 1.54) is 0 Å². The third-order valence-corrected chi connectivity index (χ3v) is 3.37. The van der Waals surface area contributed by atoms with E-state index >= 15 is 0 Å². The number of carbonyl (C=O) groups excluding carboxylic acids is 1. The maximum atomic E-state index is 13.0. The number of halogens is 3. The highest BCUT2D eigenvalue weighted by Crippen LogP contribution is 2.29. The molecule has 0 atom stereocenters. The van der Waals surface area contributed by atoms with Gasteiger partial charge in [0.2, 0.25) is 0 Å². The van der Waals surface area contributed by atoms with Gasteiger partial charge >= 0.3 is 0 Å². The van der Waals surface area contributed by atoms with Gasteiger partial charge in [0.25, 0.3) is 5.91 Å². The second-order valence-electron chi connectivity index (χ2n) is 4.98. The van der Waals surface area contributed by atoms with Gasteiger partial charge in [0.1, 0.15) is 0 Å². The zero-order valence-corrected chi connectivity index (χ0v) is 10.0. The lowest BCUT2D eigenvalue weighted by Gasteiger charge is -2.25. The average molecular weight is 257 g/mol. The number of hydrogen-bond donors (Lipinski definition) is 1. The van der Waals surface area contributed by atoms with E-state index in [4.69, 9.17) is 0 Å². The molecule has 1 aromatic rings. The molecule has 1 fully saturated rings. The fourth-order valence-electron chi connectivity index (χ4n) is 2.31. The number of rotatable bonds is 2. The molecule has 18 heavy (non-hydrogen) atoms. The van der Waals surface area contributed by atoms with Crippen LogP contribution in [0.2, 0.25) is 0 Å². The van der Waals surface area contributed by atoms with Crippen LogP contribution in [-0.4, -0.2) is 11.4 Å². The molecule has 0 unspecified atom stereocenters. The van der Waals surface area contributed by atoms with Crippen molar-refractivity contribution < 1.29 is 18.0 Å². The first-order valence-corrected chi connectivity index (χ1v) is 5.88. The number of carbonyl (C=O) groups is 1. The van der Waals surface area contributed by atoms with E-state index in [0.29, 0.717) is 12.1 Å². The van der Waals surface area contributed by atoms with Crippen molar-refractivity contribution in [3.63, 3.8) is 0 Å². The molecule has 1 saturated carbocycles. The number of hydrogen-bond acceptors (Lipinski definition) is 1. The fraction of sp³-hybridized carbons (Fsp3) is 0.462. The summed E-state index contributed by atoms with van der Waals surface area (Å²) < 4.78 is 38.8. The Balaban J connectivity index is 2.19. The van der Waals surface area contributed by atoms with E-state index in [2.05, 4.69) is 5.32 Å². The van der Waals surface area contributed by atoms with Crippen LogP contribution in [-0.2, 0) is 0 Å². The van der Waals surface area contributed by atoms with Crippen LogP contribution in [0.25, 0.3) is 0 Å². The summed E-state index contributed by atoms with van der Waals surface area (Å²) in [6, 6.07) is 1.43. The number of benzene rings is 1. The van der Waals surface area contributed by atoms with Crippen LogP contribution >= 0.6 is 0 Å². The third kappa shape index (κ3) is 2.49. The molecule has 0 radical (unpaired) electrons. The molecule has 0 aliphatic heterocycles. The first-order chi connectivity index (χ1) is 8.41. The van der Waals surface area contributed by atoms with Crippen molar-refractivity contribution in [3.05, 3.63) is 35.1 Å². The molecule has 1 aliphatic rings. The number of nitrogens with one attached hydrogen (secondary N) is 1. The zero-order chi connectivity index (χ0) is 13.3. The second-order valence-corrected chi connectivity index (χ2v) is 4.98. The van der Waals surface area contributed by atoms with Gasteiger partial charge < -0.3 is 5.32 Å². The van der Waals surface area contributed by atoms with E-state index < -0.39 is 23.4 Å². The monoisotopic (exact) mass is 257 g/mol. The lowest BCUT2D eigenvalue weighted by molar-refractivity contribution is 0.0907. The molecule has 0 aromatic heterocycles. The minimum atomic E-state index is -1.56. The van der Waals surface area contributed by atoms with Crippen LogP contribution in [0.4, 0.5) is 13.2 Å². The van der Waals surface area contributed by atoms with E-state index in [9.17, 15) is 18.0 Å². The minimum absolute atomic E-state index is 0.195. The predicted octanol–water partition coefficient (Wildman–Crippen LogP) is 3.17. The normalized spacial score (nSPS) is 17.8. The Morgan fingerprint density at radius 1 is 1.17 bits per heavy atom. The molecule has 1 aliphatic carbocycles. The van der Waals surface area contributed by atoms with Crippen molar-refractivity contribution in [2.45, 2.75) is 38.1 Å². The maximum Gasteiger partial charge on any atom is 0.251 e. The standard InChI is InChI=1S/C13H14F3NO/c1-13(4-2-3-5-13)17-12(18)8-6-9(14)11(16)10(15)7-8/h6-7H,2-5H2,1H3,(H,17,18). The largest absolute Gasteiger partial charge is 0.347 e. The van der Waals surface area contributed by atoms with E-state index in [0.717, 1.165) is 25.7 Å². The lowest BCUT2D eigenvalue weighted by Crippen LogP contribution is -2.43. The van der Waals surface area contributed by atoms with Crippen molar-refractivity contribution >= 4 is 5.91 Å². The Morgan fingerprint density at radius 3 is 2.17 bits per heavy atom. The molecule has 5 heteroatoms. The van der Waals surface area contributed by atoms with Crippen molar-refractivity contribution in [1.29, 1.82) is 0 Å². The first kappa shape index (κ1) is 12.9. The quantitative estimate of drug-likeness (QED) is 0.810. The Labute approximate surface area is 103 Å². The van der Waals surface area contributed by atoms with E-state index in [-0.39, 0.29) is 11.1 Å². The summed E-state index contributed by atoms with van der Waals surface area (Å²) in [6.07, 6.45) is 3.71. The van der Waals surface area contributed by atoms with Crippen molar-refractivity contribution in [2.75, 3.05) is 0 Å². The molecule has 0 spiro atoms. The summed E-state index contributed by atoms with van der Waals surface area (Å²) in [4.78, 5) is 11.9. The predicted molar refractivity (Wildman–Crippen MR) is 60.7 cm³/mol. The van der Waals surface area contributed by atoms with Crippen LogP contribution in [0.3, 0.4) is 0 Å². The second kappa shape index (κ2) is 4.63. The third-order valence-electron chi connectivity index (χ3n) is 3.37. The molecule has 98 valence electrons. The first-order valence-electron chi connectivity index (χ1n) is 5.88. The van der Waals surface area contributed by atoms with Gasteiger partial charge in [-0.1, -0.05) is 12.8 Å². The molecular weight excluding hydrogens is 243 g/mol. The summed E-state index contributed by atoms with van der Waals surface area (Å²) >= 11 is 0. The highest BCUT2D eigenvalue weighted by Gasteiger charge is 2.30. The molecule has 2 rings (SSSR count). The van der Waals surface area contributed by atoms with Gasteiger partial charge in [-0.3, -0.25) is 4.79 Å². The molecule has 0 bridgehead atoms. The SMILES string of the molecule is CC1(NC(=O)c2cc(F)c(F)c(F)c2)CCCC1. The Kier molecular flexibility index (Phi) is 3.32. The highest BCUT2D eigenvalue weighted by atomic mass is 19.2. The summed E-state index contributed by atoms with van der Waals surface area (Å²) in [6.45, 7) is 1.90. The smallest absolute Gasteiger partial charge is 0.251 e. The molecule has 1 N–H and O–H groups in total. The van der Waals surface area contributed by atoms with E-state index in [1.807, 2.05) is 6.92 Å². The van der Waals surface area contributed by atoms with E-state index in [1.54, 1.807) is 0 Å². The molecule has 2 nitrogen and oxygen atoms in total. The van der Waals surface area contributed by atoms with Crippen LogP contribution in [0.5, 0.6) is 0 Å². The van der Waals surface area contributed by atoms with Gasteiger partial charge in [-0.25, -0.2) is 13.2 Å². The van der Waals surface area contributed by atoms with Gasteiger partial charge in [-0.2, -0.15) is 0 Å². The van der Waals surface area contributed by atoms with Gasteiger partial charge in [0.15, 0.2) is 17.5 Å². The summed E-state index contributed by atoms with van der Waals surface area (Å²) in [5.74, 6) is -4.83. The molecular formula is C13H14F3NO. The van der Waals surface area contributed by atoms with Gasteiger partial charge in [0, 0.05) is 11.1 Å². The van der Waals surface area contributed by atoms with Crippen molar-refractivity contribution in [3.8, 4) is 0 Å². The fourth-order valence-corrected chi connectivity index (χ4v) is 2.31. The Hall–Kier alpha value is -1.52. The van der Waals surface area contributed by atoms with Crippen LogP contribution in [0.15, 0.2) is 12.1 Å². The van der Waals surface area contributed by atoms with Crippen molar-refractivity contribution in [2.24, 2.45) is 0 Å². The lowest BCUT2D eigenvalue weighted by atomic mass is 10.00. The van der Waals surface area contributed by atoms with Gasteiger partial charge in [-0.15, -0.1) is 0 Å². The van der Waals surface area contributed by atoms with Crippen LogP contribution < -0.4 is 5.32 Å². The zero-order valence-electron chi connectivity index (χ0n) is 10.0. The number of amides is 1. The van der Waals surface area contributed by atoms with Gasteiger partial charge in [-0.05, 0) is 31.9 Å². The van der Waals surface area contributed by atoms with Crippen LogP contribution in [0, 0.1) is 17.5 Å². The Bertz CT molecular complexity index is 458. The minimum Gasteiger partial charge on any atom is -0.347 e. The van der Waals surface area contributed by atoms with Crippen molar-refractivity contribution in [1.82, 2.24) is 5.32 Å². The topological polar surface area (TPSA) is 29.1 Å². The molecule has 0 saturated heterocycles. The summed E-state index contributed by atoms with van der Waals surface area (Å²) in [5, 5.41) is 2.75. The summed E-state index contributed by atoms with van der Waals surface area (Å²) in [5.41, 5.74) is -0.530. The van der Waals surface area contributed by atoms with Gasteiger partial charge in [0.05, 0.1) is 0 Å². The molecule has 1 amide bonds.